The number of benzene rings is 2. The van der Waals surface area contributed by atoms with Crippen LogP contribution in [0.3, 0.4) is 0 Å². The Morgan fingerprint density at radius 2 is 2.00 bits per heavy atom. The van der Waals surface area contributed by atoms with E-state index in [0.29, 0.717) is 33.3 Å². The molecule has 21 heavy (non-hydrogen) atoms. The number of rotatable bonds is 2. The predicted octanol–water partition coefficient (Wildman–Crippen LogP) is 3.19. The molecule has 1 aliphatic rings. The zero-order chi connectivity index (χ0) is 14.8. The van der Waals surface area contributed by atoms with E-state index in [1.54, 1.807) is 30.3 Å². The molecule has 0 saturated heterocycles. The van der Waals surface area contributed by atoms with Crippen LogP contribution in [0.25, 0.3) is 0 Å². The number of nitriles is 1. The standard InChI is InChI=1S/C15H9ClN2O3/c16-11-3-1-10(7-17)12(6-11)18-15(19)9-2-4-13-14(5-9)21-8-20-13/h1-6H,8H2,(H,18,19). The number of ether oxygens (including phenoxy) is 2. The van der Waals surface area contributed by atoms with Gasteiger partial charge in [-0.3, -0.25) is 4.79 Å². The minimum absolute atomic E-state index is 0.146. The van der Waals surface area contributed by atoms with Crippen LogP contribution in [0.1, 0.15) is 15.9 Å². The Balaban J connectivity index is 1.87. The summed E-state index contributed by atoms with van der Waals surface area (Å²) in [4.78, 5) is 12.2. The molecule has 0 fully saturated rings. The first-order valence-corrected chi connectivity index (χ1v) is 6.46. The number of halogens is 1. The molecule has 0 atom stereocenters. The molecule has 2 aromatic carbocycles. The summed E-state index contributed by atoms with van der Waals surface area (Å²) in [6, 6.07) is 11.6. The van der Waals surface area contributed by atoms with Crippen LogP contribution >= 0.6 is 11.6 Å². The SMILES string of the molecule is N#Cc1ccc(Cl)cc1NC(=O)c1ccc2c(c1)OCO2. The van der Waals surface area contributed by atoms with Crippen LogP contribution in [0.5, 0.6) is 11.5 Å². The number of fused-ring (bicyclic) bond motifs is 1. The molecule has 1 aliphatic heterocycles. The Bertz CT molecular complexity index is 768. The highest BCUT2D eigenvalue weighted by Crippen LogP contribution is 2.32. The molecule has 2 aromatic rings. The van der Waals surface area contributed by atoms with E-state index in [4.69, 9.17) is 26.3 Å². The van der Waals surface area contributed by atoms with Crippen molar-refractivity contribution < 1.29 is 14.3 Å². The highest BCUT2D eigenvalue weighted by molar-refractivity contribution is 6.31. The Hall–Kier alpha value is -2.71. The first-order valence-electron chi connectivity index (χ1n) is 6.08. The fourth-order valence-corrected chi connectivity index (χ4v) is 2.12. The second-order valence-electron chi connectivity index (χ2n) is 4.32. The molecule has 0 aromatic heterocycles. The molecule has 6 heteroatoms. The van der Waals surface area contributed by atoms with Crippen LogP contribution in [0.4, 0.5) is 5.69 Å². The fraction of sp³-hybridized carbons (Fsp3) is 0.0667. The van der Waals surface area contributed by atoms with Gasteiger partial charge >= 0.3 is 0 Å². The Labute approximate surface area is 125 Å². The summed E-state index contributed by atoms with van der Waals surface area (Å²) in [5.41, 5.74) is 1.12. The molecular formula is C15H9ClN2O3. The number of amides is 1. The molecule has 0 bridgehead atoms. The van der Waals surface area contributed by atoms with E-state index < -0.39 is 0 Å². The Morgan fingerprint density at radius 1 is 1.19 bits per heavy atom. The minimum atomic E-state index is -0.355. The third kappa shape index (κ3) is 2.62. The molecule has 0 radical (unpaired) electrons. The van der Waals surface area contributed by atoms with Crippen molar-refractivity contribution >= 4 is 23.2 Å². The molecule has 0 unspecified atom stereocenters. The summed E-state index contributed by atoms with van der Waals surface area (Å²) in [6.45, 7) is 0.146. The van der Waals surface area contributed by atoms with Gasteiger partial charge in [0.05, 0.1) is 11.3 Å². The lowest BCUT2D eigenvalue weighted by Crippen LogP contribution is -2.12. The number of carbonyl (C=O) groups is 1. The number of anilines is 1. The average molecular weight is 301 g/mol. The summed E-state index contributed by atoms with van der Waals surface area (Å²) < 4.78 is 10.4. The van der Waals surface area contributed by atoms with Crippen molar-refractivity contribution in [2.45, 2.75) is 0 Å². The number of nitrogens with zero attached hydrogens (tertiary/aromatic N) is 1. The van der Waals surface area contributed by atoms with E-state index in [2.05, 4.69) is 5.32 Å². The van der Waals surface area contributed by atoms with Crippen molar-refractivity contribution in [1.82, 2.24) is 0 Å². The van der Waals surface area contributed by atoms with Gasteiger partial charge < -0.3 is 14.8 Å². The van der Waals surface area contributed by atoms with Crippen molar-refractivity contribution in [3.05, 3.63) is 52.5 Å². The van der Waals surface area contributed by atoms with Crippen LogP contribution in [-0.2, 0) is 0 Å². The molecule has 1 amide bonds. The highest BCUT2D eigenvalue weighted by Gasteiger charge is 2.17. The number of nitrogens with one attached hydrogen (secondary N) is 1. The lowest BCUT2D eigenvalue weighted by molar-refractivity contribution is 0.102. The maximum atomic E-state index is 12.2. The van der Waals surface area contributed by atoms with Crippen LogP contribution in [0.2, 0.25) is 5.02 Å². The quantitative estimate of drug-likeness (QED) is 0.924. The molecule has 0 spiro atoms. The van der Waals surface area contributed by atoms with Crippen molar-refractivity contribution in [2.24, 2.45) is 0 Å². The number of hydrogen-bond acceptors (Lipinski definition) is 4. The van der Waals surface area contributed by atoms with E-state index in [1.165, 1.54) is 6.07 Å². The van der Waals surface area contributed by atoms with Crippen molar-refractivity contribution in [2.75, 3.05) is 12.1 Å². The number of carbonyl (C=O) groups excluding carboxylic acids is 1. The molecule has 1 heterocycles. The van der Waals surface area contributed by atoms with E-state index in [-0.39, 0.29) is 12.7 Å². The molecule has 5 nitrogen and oxygen atoms in total. The van der Waals surface area contributed by atoms with Gasteiger partial charge in [-0.15, -0.1) is 0 Å². The van der Waals surface area contributed by atoms with Gasteiger partial charge in [-0.1, -0.05) is 11.6 Å². The summed E-state index contributed by atoms with van der Waals surface area (Å²) >= 11 is 5.88. The first kappa shape index (κ1) is 13.3. The lowest BCUT2D eigenvalue weighted by atomic mass is 10.1. The van der Waals surface area contributed by atoms with Crippen molar-refractivity contribution in [1.29, 1.82) is 5.26 Å². The van der Waals surface area contributed by atoms with E-state index in [9.17, 15) is 4.79 Å². The van der Waals surface area contributed by atoms with Crippen LogP contribution in [0, 0.1) is 11.3 Å². The van der Waals surface area contributed by atoms with Gasteiger partial charge in [0.25, 0.3) is 5.91 Å². The van der Waals surface area contributed by atoms with Crippen molar-refractivity contribution in [3.8, 4) is 17.6 Å². The number of hydrogen-bond donors (Lipinski definition) is 1. The third-order valence-electron chi connectivity index (χ3n) is 2.99. The van der Waals surface area contributed by atoms with Gasteiger partial charge in [-0.25, -0.2) is 0 Å². The summed E-state index contributed by atoms with van der Waals surface area (Å²) in [6.07, 6.45) is 0. The zero-order valence-corrected chi connectivity index (χ0v) is 11.5. The maximum absolute atomic E-state index is 12.2. The molecule has 3 rings (SSSR count). The lowest BCUT2D eigenvalue weighted by Gasteiger charge is -2.08. The molecule has 0 saturated carbocycles. The Kier molecular flexibility index (Phi) is 3.38. The van der Waals surface area contributed by atoms with Gasteiger partial charge in [-0.2, -0.15) is 5.26 Å². The maximum Gasteiger partial charge on any atom is 0.255 e. The van der Waals surface area contributed by atoms with Gasteiger partial charge in [-0.05, 0) is 36.4 Å². The van der Waals surface area contributed by atoms with Gasteiger partial charge in [0.15, 0.2) is 11.5 Å². The predicted molar refractivity (Wildman–Crippen MR) is 76.7 cm³/mol. The zero-order valence-electron chi connectivity index (χ0n) is 10.7. The minimum Gasteiger partial charge on any atom is -0.454 e. The van der Waals surface area contributed by atoms with E-state index >= 15 is 0 Å². The summed E-state index contributed by atoms with van der Waals surface area (Å²) in [7, 11) is 0. The molecule has 1 N–H and O–H groups in total. The van der Waals surface area contributed by atoms with Crippen LogP contribution < -0.4 is 14.8 Å². The highest BCUT2D eigenvalue weighted by atomic mass is 35.5. The molecular weight excluding hydrogens is 292 g/mol. The molecule has 0 aliphatic carbocycles. The largest absolute Gasteiger partial charge is 0.454 e. The second kappa shape index (κ2) is 5.35. The second-order valence-corrected chi connectivity index (χ2v) is 4.76. The van der Waals surface area contributed by atoms with E-state index in [1.807, 2.05) is 6.07 Å². The van der Waals surface area contributed by atoms with E-state index in [0.717, 1.165) is 0 Å². The summed E-state index contributed by atoms with van der Waals surface area (Å²) in [5, 5.41) is 12.1. The topological polar surface area (TPSA) is 71.4 Å². The average Bonchev–Trinajstić information content (AvgIpc) is 2.94. The monoisotopic (exact) mass is 300 g/mol. The van der Waals surface area contributed by atoms with Crippen LogP contribution in [0.15, 0.2) is 36.4 Å². The Morgan fingerprint density at radius 3 is 2.81 bits per heavy atom. The van der Waals surface area contributed by atoms with Gasteiger partial charge in [0.1, 0.15) is 6.07 Å². The normalized spacial score (nSPS) is 11.8. The molecule has 104 valence electrons. The van der Waals surface area contributed by atoms with Crippen LogP contribution in [-0.4, -0.2) is 12.7 Å². The summed E-state index contributed by atoms with van der Waals surface area (Å²) in [5.74, 6) is 0.772. The third-order valence-corrected chi connectivity index (χ3v) is 3.22. The van der Waals surface area contributed by atoms with Gasteiger partial charge in [0.2, 0.25) is 6.79 Å². The van der Waals surface area contributed by atoms with Gasteiger partial charge in [0, 0.05) is 10.6 Å². The van der Waals surface area contributed by atoms with Crippen molar-refractivity contribution in [3.63, 3.8) is 0 Å². The first-order chi connectivity index (χ1) is 10.2. The fourth-order valence-electron chi connectivity index (χ4n) is 1.95. The smallest absolute Gasteiger partial charge is 0.255 e.